The second-order valence-corrected chi connectivity index (χ2v) is 3.58. The van der Waals surface area contributed by atoms with E-state index in [-0.39, 0.29) is 6.03 Å². The zero-order chi connectivity index (χ0) is 11.3. The standard InChI is InChI=1S/C11H17N3O/c1-8(2)13-9-4-6-10(7-5-9)14-11(15)12-3/h4-8,13H,1-3H3,(H2,12,14,15). The first-order valence-electron chi connectivity index (χ1n) is 4.97. The molecule has 0 atom stereocenters. The van der Waals surface area contributed by atoms with Crippen LogP contribution in [0.25, 0.3) is 0 Å². The molecule has 0 saturated carbocycles. The lowest BCUT2D eigenvalue weighted by Gasteiger charge is -2.10. The van der Waals surface area contributed by atoms with Gasteiger partial charge < -0.3 is 16.0 Å². The molecule has 4 nitrogen and oxygen atoms in total. The minimum absolute atomic E-state index is 0.209. The molecule has 0 aromatic heterocycles. The molecule has 0 fully saturated rings. The van der Waals surface area contributed by atoms with Gasteiger partial charge in [-0.2, -0.15) is 0 Å². The van der Waals surface area contributed by atoms with Crippen molar-refractivity contribution in [3.05, 3.63) is 24.3 Å². The number of amides is 2. The van der Waals surface area contributed by atoms with Gasteiger partial charge in [0.05, 0.1) is 0 Å². The highest BCUT2D eigenvalue weighted by molar-refractivity contribution is 5.89. The minimum Gasteiger partial charge on any atom is -0.383 e. The van der Waals surface area contributed by atoms with E-state index in [4.69, 9.17) is 0 Å². The van der Waals surface area contributed by atoms with E-state index >= 15 is 0 Å². The SMILES string of the molecule is CNC(=O)Nc1ccc(NC(C)C)cc1. The van der Waals surface area contributed by atoms with E-state index in [9.17, 15) is 4.79 Å². The van der Waals surface area contributed by atoms with Gasteiger partial charge in [0.25, 0.3) is 0 Å². The average Bonchev–Trinajstić information content (AvgIpc) is 2.20. The number of rotatable bonds is 3. The van der Waals surface area contributed by atoms with Gasteiger partial charge in [-0.25, -0.2) is 4.79 Å². The molecule has 1 aromatic carbocycles. The highest BCUT2D eigenvalue weighted by Crippen LogP contribution is 2.13. The van der Waals surface area contributed by atoms with Crippen LogP contribution < -0.4 is 16.0 Å². The van der Waals surface area contributed by atoms with E-state index in [1.165, 1.54) is 0 Å². The Morgan fingerprint density at radius 2 is 1.67 bits per heavy atom. The van der Waals surface area contributed by atoms with E-state index < -0.39 is 0 Å². The van der Waals surface area contributed by atoms with Gasteiger partial charge in [-0.05, 0) is 38.1 Å². The van der Waals surface area contributed by atoms with Gasteiger partial charge >= 0.3 is 6.03 Å². The Balaban J connectivity index is 2.60. The largest absolute Gasteiger partial charge is 0.383 e. The van der Waals surface area contributed by atoms with Crippen LogP contribution in [0.15, 0.2) is 24.3 Å². The summed E-state index contributed by atoms with van der Waals surface area (Å²) in [6, 6.07) is 7.79. The number of urea groups is 1. The minimum atomic E-state index is -0.209. The predicted molar refractivity (Wildman–Crippen MR) is 63.3 cm³/mol. The molecule has 0 aliphatic heterocycles. The fourth-order valence-electron chi connectivity index (χ4n) is 1.18. The third kappa shape index (κ3) is 3.89. The zero-order valence-electron chi connectivity index (χ0n) is 9.29. The molecule has 0 unspecified atom stereocenters. The van der Waals surface area contributed by atoms with Crippen LogP contribution in [0.2, 0.25) is 0 Å². The first-order valence-corrected chi connectivity index (χ1v) is 4.97. The lowest BCUT2D eigenvalue weighted by Crippen LogP contribution is -2.24. The maximum Gasteiger partial charge on any atom is 0.318 e. The maximum atomic E-state index is 11.0. The Hall–Kier alpha value is -1.71. The average molecular weight is 207 g/mol. The van der Waals surface area contributed by atoms with Gasteiger partial charge in [-0.15, -0.1) is 0 Å². The molecule has 82 valence electrons. The normalized spacial score (nSPS) is 9.87. The molecule has 0 radical (unpaired) electrons. The first kappa shape index (κ1) is 11.4. The van der Waals surface area contributed by atoms with Crippen molar-refractivity contribution in [3.8, 4) is 0 Å². The third-order valence-electron chi connectivity index (χ3n) is 1.83. The van der Waals surface area contributed by atoms with Gasteiger partial charge in [-0.1, -0.05) is 0 Å². The summed E-state index contributed by atoms with van der Waals surface area (Å²) in [5, 5.41) is 8.46. The summed E-state index contributed by atoms with van der Waals surface area (Å²) in [4.78, 5) is 11.0. The Kier molecular flexibility index (Phi) is 3.97. The molecule has 4 heteroatoms. The van der Waals surface area contributed by atoms with Crippen molar-refractivity contribution in [1.82, 2.24) is 5.32 Å². The topological polar surface area (TPSA) is 53.2 Å². The van der Waals surface area contributed by atoms with E-state index in [1.807, 2.05) is 24.3 Å². The Bertz CT molecular complexity index is 319. The second-order valence-electron chi connectivity index (χ2n) is 3.58. The van der Waals surface area contributed by atoms with Crippen molar-refractivity contribution < 1.29 is 4.79 Å². The molecule has 3 N–H and O–H groups in total. The quantitative estimate of drug-likeness (QED) is 0.712. The fraction of sp³-hybridized carbons (Fsp3) is 0.364. The third-order valence-corrected chi connectivity index (χ3v) is 1.83. The van der Waals surface area contributed by atoms with Crippen molar-refractivity contribution >= 4 is 17.4 Å². The molecular formula is C11H17N3O. The Labute approximate surface area is 90.1 Å². The van der Waals surface area contributed by atoms with Crippen LogP contribution in [0, 0.1) is 0 Å². The van der Waals surface area contributed by atoms with Gasteiger partial charge in [0.15, 0.2) is 0 Å². The molecule has 15 heavy (non-hydrogen) atoms. The van der Waals surface area contributed by atoms with Crippen molar-refractivity contribution in [2.24, 2.45) is 0 Å². The molecular weight excluding hydrogens is 190 g/mol. The number of hydrogen-bond donors (Lipinski definition) is 3. The lowest BCUT2D eigenvalue weighted by atomic mass is 10.2. The Morgan fingerprint density at radius 1 is 1.13 bits per heavy atom. The van der Waals surface area contributed by atoms with Crippen molar-refractivity contribution in [1.29, 1.82) is 0 Å². The van der Waals surface area contributed by atoms with Gasteiger partial charge in [0.2, 0.25) is 0 Å². The van der Waals surface area contributed by atoms with Crippen LogP contribution in [0.3, 0.4) is 0 Å². The van der Waals surface area contributed by atoms with Crippen molar-refractivity contribution in [3.63, 3.8) is 0 Å². The molecule has 1 aromatic rings. The predicted octanol–water partition coefficient (Wildman–Crippen LogP) is 2.26. The molecule has 0 saturated heterocycles. The number of benzene rings is 1. The molecule has 2 amide bonds. The molecule has 0 aliphatic carbocycles. The number of hydrogen-bond acceptors (Lipinski definition) is 2. The fourth-order valence-corrected chi connectivity index (χ4v) is 1.18. The summed E-state index contributed by atoms with van der Waals surface area (Å²) in [5.74, 6) is 0. The molecule has 0 bridgehead atoms. The van der Waals surface area contributed by atoms with Crippen LogP contribution >= 0.6 is 0 Å². The number of carbonyl (C=O) groups excluding carboxylic acids is 1. The summed E-state index contributed by atoms with van der Waals surface area (Å²) in [6.45, 7) is 4.16. The first-order chi connectivity index (χ1) is 7.11. The summed E-state index contributed by atoms with van der Waals surface area (Å²) in [7, 11) is 1.59. The monoisotopic (exact) mass is 207 g/mol. The lowest BCUT2D eigenvalue weighted by molar-refractivity contribution is 0.254. The summed E-state index contributed by atoms with van der Waals surface area (Å²) >= 11 is 0. The van der Waals surface area contributed by atoms with Crippen LogP contribution in [0.4, 0.5) is 16.2 Å². The highest BCUT2D eigenvalue weighted by atomic mass is 16.2. The summed E-state index contributed by atoms with van der Waals surface area (Å²) in [5.41, 5.74) is 1.83. The van der Waals surface area contributed by atoms with E-state index in [1.54, 1.807) is 7.05 Å². The maximum absolute atomic E-state index is 11.0. The van der Waals surface area contributed by atoms with Gasteiger partial charge in [0.1, 0.15) is 0 Å². The highest BCUT2D eigenvalue weighted by Gasteiger charge is 1.99. The van der Waals surface area contributed by atoms with E-state index in [2.05, 4.69) is 29.8 Å². The van der Waals surface area contributed by atoms with Crippen LogP contribution in [-0.4, -0.2) is 19.1 Å². The van der Waals surface area contributed by atoms with Crippen LogP contribution in [0.1, 0.15) is 13.8 Å². The van der Waals surface area contributed by atoms with Crippen LogP contribution in [0.5, 0.6) is 0 Å². The zero-order valence-corrected chi connectivity index (χ0v) is 9.29. The van der Waals surface area contributed by atoms with Crippen LogP contribution in [-0.2, 0) is 0 Å². The summed E-state index contributed by atoms with van der Waals surface area (Å²) in [6.07, 6.45) is 0. The van der Waals surface area contributed by atoms with Gasteiger partial charge in [0, 0.05) is 24.5 Å². The summed E-state index contributed by atoms with van der Waals surface area (Å²) < 4.78 is 0. The molecule has 0 aliphatic rings. The smallest absolute Gasteiger partial charge is 0.318 e. The van der Waals surface area contributed by atoms with Gasteiger partial charge in [-0.3, -0.25) is 0 Å². The van der Waals surface area contributed by atoms with E-state index in [0.717, 1.165) is 11.4 Å². The number of carbonyl (C=O) groups is 1. The van der Waals surface area contributed by atoms with Crippen molar-refractivity contribution in [2.45, 2.75) is 19.9 Å². The Morgan fingerprint density at radius 3 is 2.13 bits per heavy atom. The molecule has 0 spiro atoms. The van der Waals surface area contributed by atoms with E-state index in [0.29, 0.717) is 6.04 Å². The molecule has 0 heterocycles. The van der Waals surface area contributed by atoms with Crippen molar-refractivity contribution in [2.75, 3.05) is 17.7 Å². The second kappa shape index (κ2) is 5.24. The number of anilines is 2. The molecule has 1 rings (SSSR count). The number of nitrogens with one attached hydrogen (secondary N) is 3.